The lowest BCUT2D eigenvalue weighted by atomic mass is 10.2. The molecule has 4 nitrogen and oxygen atoms in total. The van der Waals surface area contributed by atoms with Gasteiger partial charge in [0, 0.05) is 39.0 Å². The van der Waals surface area contributed by atoms with Crippen molar-refractivity contribution in [1.29, 1.82) is 0 Å². The van der Waals surface area contributed by atoms with Crippen molar-refractivity contribution in [2.24, 2.45) is 0 Å². The standard InChI is InChI=1S/C15H19F2N3O/c1-11-19-9-15(8-18-3-4-21-2)20(11)10-12-5-13(16)7-14(17)6-12/h5-7,9,18H,3-4,8,10H2,1-2H3. The summed E-state index contributed by atoms with van der Waals surface area (Å²) in [5, 5.41) is 3.23. The van der Waals surface area contributed by atoms with Crippen molar-refractivity contribution in [3.63, 3.8) is 0 Å². The second-order valence-corrected chi connectivity index (χ2v) is 4.83. The molecule has 0 radical (unpaired) electrons. The topological polar surface area (TPSA) is 39.1 Å². The summed E-state index contributed by atoms with van der Waals surface area (Å²) in [6, 6.07) is 3.55. The number of halogens is 2. The van der Waals surface area contributed by atoms with E-state index in [0.29, 0.717) is 25.3 Å². The Morgan fingerprint density at radius 1 is 1.24 bits per heavy atom. The zero-order chi connectivity index (χ0) is 15.2. The molecule has 21 heavy (non-hydrogen) atoms. The number of aromatic nitrogens is 2. The molecule has 1 N–H and O–H groups in total. The van der Waals surface area contributed by atoms with Gasteiger partial charge in [0.05, 0.1) is 12.3 Å². The van der Waals surface area contributed by atoms with E-state index < -0.39 is 11.6 Å². The van der Waals surface area contributed by atoms with E-state index in [4.69, 9.17) is 4.74 Å². The van der Waals surface area contributed by atoms with E-state index in [0.717, 1.165) is 24.1 Å². The predicted octanol–water partition coefficient (Wildman–Crippen LogP) is 2.25. The van der Waals surface area contributed by atoms with Crippen LogP contribution in [-0.4, -0.2) is 29.8 Å². The smallest absolute Gasteiger partial charge is 0.126 e. The first-order valence-corrected chi connectivity index (χ1v) is 6.76. The van der Waals surface area contributed by atoms with Crippen LogP contribution in [0.25, 0.3) is 0 Å². The van der Waals surface area contributed by atoms with Crippen LogP contribution in [0.2, 0.25) is 0 Å². The average molecular weight is 295 g/mol. The molecule has 0 unspecified atom stereocenters. The summed E-state index contributed by atoms with van der Waals surface area (Å²) in [5.41, 5.74) is 1.54. The molecule has 0 bridgehead atoms. The Kier molecular flexibility index (Phi) is 5.41. The molecule has 2 rings (SSSR count). The van der Waals surface area contributed by atoms with Crippen molar-refractivity contribution >= 4 is 0 Å². The summed E-state index contributed by atoms with van der Waals surface area (Å²) in [5.74, 6) is -0.326. The van der Waals surface area contributed by atoms with E-state index in [2.05, 4.69) is 10.3 Å². The van der Waals surface area contributed by atoms with Gasteiger partial charge in [-0.25, -0.2) is 13.8 Å². The molecule has 2 aromatic rings. The minimum atomic E-state index is -0.567. The average Bonchev–Trinajstić information content (AvgIpc) is 2.75. The van der Waals surface area contributed by atoms with E-state index in [1.165, 1.54) is 12.1 Å². The Bertz CT molecular complexity index is 578. The molecule has 0 spiro atoms. The first kappa shape index (κ1) is 15.6. The number of hydrogen-bond donors (Lipinski definition) is 1. The van der Waals surface area contributed by atoms with Crippen LogP contribution in [0.3, 0.4) is 0 Å². The van der Waals surface area contributed by atoms with E-state index >= 15 is 0 Å². The van der Waals surface area contributed by atoms with Gasteiger partial charge in [-0.1, -0.05) is 0 Å². The Morgan fingerprint density at radius 2 is 1.95 bits per heavy atom. The largest absolute Gasteiger partial charge is 0.383 e. The van der Waals surface area contributed by atoms with Crippen LogP contribution in [0.4, 0.5) is 8.78 Å². The van der Waals surface area contributed by atoms with Crippen molar-refractivity contribution in [2.45, 2.75) is 20.0 Å². The zero-order valence-electron chi connectivity index (χ0n) is 12.2. The highest BCUT2D eigenvalue weighted by Crippen LogP contribution is 2.13. The highest BCUT2D eigenvalue weighted by Gasteiger charge is 2.08. The van der Waals surface area contributed by atoms with Crippen molar-refractivity contribution in [3.8, 4) is 0 Å². The third-order valence-electron chi connectivity index (χ3n) is 3.19. The van der Waals surface area contributed by atoms with Crippen LogP contribution in [-0.2, 0) is 17.8 Å². The minimum Gasteiger partial charge on any atom is -0.383 e. The molecule has 0 saturated carbocycles. The Hall–Kier alpha value is -1.79. The van der Waals surface area contributed by atoms with Crippen LogP contribution in [0.1, 0.15) is 17.1 Å². The molecule has 1 heterocycles. The Balaban J connectivity index is 2.10. The number of methoxy groups -OCH3 is 1. The summed E-state index contributed by atoms with van der Waals surface area (Å²) in [6.07, 6.45) is 1.77. The third kappa shape index (κ3) is 4.34. The molecule has 0 amide bonds. The van der Waals surface area contributed by atoms with Crippen LogP contribution in [0, 0.1) is 18.6 Å². The fourth-order valence-corrected chi connectivity index (χ4v) is 2.15. The lowest BCUT2D eigenvalue weighted by Gasteiger charge is -2.11. The van der Waals surface area contributed by atoms with Gasteiger partial charge in [0.1, 0.15) is 17.5 Å². The summed E-state index contributed by atoms with van der Waals surface area (Å²) < 4.78 is 33.4. The molecule has 6 heteroatoms. The first-order valence-electron chi connectivity index (χ1n) is 6.76. The van der Waals surface area contributed by atoms with Gasteiger partial charge in [-0.2, -0.15) is 0 Å². The van der Waals surface area contributed by atoms with Gasteiger partial charge in [0.2, 0.25) is 0 Å². The number of nitrogens with one attached hydrogen (secondary N) is 1. The van der Waals surface area contributed by atoms with Crippen LogP contribution >= 0.6 is 0 Å². The van der Waals surface area contributed by atoms with Gasteiger partial charge < -0.3 is 14.6 Å². The fourth-order valence-electron chi connectivity index (χ4n) is 2.15. The normalized spacial score (nSPS) is 11.0. The number of nitrogens with zero attached hydrogens (tertiary/aromatic N) is 2. The van der Waals surface area contributed by atoms with E-state index in [1.807, 2.05) is 11.5 Å². The Morgan fingerprint density at radius 3 is 2.62 bits per heavy atom. The molecule has 0 atom stereocenters. The molecule has 0 saturated heterocycles. The SMILES string of the molecule is COCCNCc1cnc(C)n1Cc1cc(F)cc(F)c1. The Labute approximate surface area is 122 Å². The maximum absolute atomic E-state index is 13.3. The number of ether oxygens (including phenoxy) is 1. The molecule has 1 aromatic heterocycles. The lowest BCUT2D eigenvalue weighted by molar-refractivity contribution is 0.199. The second-order valence-electron chi connectivity index (χ2n) is 4.83. The summed E-state index contributed by atoms with van der Waals surface area (Å²) >= 11 is 0. The number of benzene rings is 1. The number of aryl methyl sites for hydroxylation is 1. The van der Waals surface area contributed by atoms with Gasteiger partial charge in [-0.3, -0.25) is 0 Å². The summed E-state index contributed by atoms with van der Waals surface area (Å²) in [6.45, 7) is 4.25. The monoisotopic (exact) mass is 295 g/mol. The highest BCUT2D eigenvalue weighted by atomic mass is 19.1. The maximum atomic E-state index is 13.3. The van der Waals surface area contributed by atoms with Gasteiger partial charge in [-0.05, 0) is 24.6 Å². The first-order chi connectivity index (χ1) is 10.1. The number of rotatable bonds is 7. The summed E-state index contributed by atoms with van der Waals surface area (Å²) in [4.78, 5) is 4.26. The van der Waals surface area contributed by atoms with Gasteiger partial charge in [0.15, 0.2) is 0 Å². The van der Waals surface area contributed by atoms with Crippen molar-refractivity contribution in [3.05, 3.63) is 53.1 Å². The van der Waals surface area contributed by atoms with Gasteiger partial charge >= 0.3 is 0 Å². The molecule has 114 valence electrons. The molecular formula is C15H19F2N3O. The van der Waals surface area contributed by atoms with Crippen LogP contribution in [0.15, 0.2) is 24.4 Å². The molecule has 0 aliphatic carbocycles. The van der Waals surface area contributed by atoms with Gasteiger partial charge in [-0.15, -0.1) is 0 Å². The van der Waals surface area contributed by atoms with Crippen LogP contribution in [0.5, 0.6) is 0 Å². The number of imidazole rings is 1. The summed E-state index contributed by atoms with van der Waals surface area (Å²) in [7, 11) is 1.65. The maximum Gasteiger partial charge on any atom is 0.126 e. The molecule has 0 aliphatic heterocycles. The van der Waals surface area contributed by atoms with Crippen LogP contribution < -0.4 is 5.32 Å². The third-order valence-corrected chi connectivity index (χ3v) is 3.19. The second kappa shape index (κ2) is 7.28. The van der Waals surface area contributed by atoms with E-state index in [1.54, 1.807) is 13.3 Å². The quantitative estimate of drug-likeness (QED) is 0.796. The van der Waals surface area contributed by atoms with Crippen molar-refractivity contribution in [1.82, 2.24) is 14.9 Å². The van der Waals surface area contributed by atoms with E-state index in [-0.39, 0.29) is 0 Å². The van der Waals surface area contributed by atoms with Gasteiger partial charge in [0.25, 0.3) is 0 Å². The lowest BCUT2D eigenvalue weighted by Crippen LogP contribution is -2.21. The molecule has 1 aromatic carbocycles. The van der Waals surface area contributed by atoms with Crippen molar-refractivity contribution < 1.29 is 13.5 Å². The highest BCUT2D eigenvalue weighted by molar-refractivity contribution is 5.20. The molecule has 0 fully saturated rings. The zero-order valence-corrected chi connectivity index (χ0v) is 12.2. The van der Waals surface area contributed by atoms with E-state index in [9.17, 15) is 8.78 Å². The minimum absolute atomic E-state index is 0.391. The predicted molar refractivity (Wildman–Crippen MR) is 76.0 cm³/mol. The van der Waals surface area contributed by atoms with Crippen molar-refractivity contribution in [2.75, 3.05) is 20.3 Å². The molecule has 0 aliphatic rings. The molecular weight excluding hydrogens is 276 g/mol. The fraction of sp³-hybridized carbons (Fsp3) is 0.400. The number of hydrogen-bond acceptors (Lipinski definition) is 3.